The van der Waals surface area contributed by atoms with Crippen LogP contribution in [0, 0.1) is 0 Å². The predicted molar refractivity (Wildman–Crippen MR) is 81.1 cm³/mol. The average Bonchev–Trinajstić information content (AvgIpc) is 2.44. The van der Waals surface area contributed by atoms with Gasteiger partial charge in [-0.1, -0.05) is 12.1 Å². The van der Waals surface area contributed by atoms with Gasteiger partial charge in [0.2, 0.25) is 6.43 Å². The van der Waals surface area contributed by atoms with E-state index >= 15 is 0 Å². The third kappa shape index (κ3) is 4.69. The van der Waals surface area contributed by atoms with Gasteiger partial charge >= 0.3 is 11.9 Å². The summed E-state index contributed by atoms with van der Waals surface area (Å²) in [7, 11) is 0. The molecular weight excluding hydrogens is 328 g/mol. The molecular formula is C15H15F2NO4S. The monoisotopic (exact) mass is 343 g/mol. The molecule has 0 aromatic heterocycles. The van der Waals surface area contributed by atoms with E-state index in [-0.39, 0.29) is 11.3 Å². The van der Waals surface area contributed by atoms with Crippen molar-refractivity contribution < 1.29 is 27.8 Å². The molecule has 1 N–H and O–H groups in total. The highest BCUT2D eigenvalue weighted by Crippen LogP contribution is 2.29. The van der Waals surface area contributed by atoms with Crippen molar-refractivity contribution in [2.75, 3.05) is 11.1 Å². The molecule has 1 aliphatic heterocycles. The lowest BCUT2D eigenvalue weighted by Gasteiger charge is -2.29. The number of carbonyl (C=O) groups is 2. The number of halogens is 2. The molecule has 0 spiro atoms. The number of ether oxygens (including phenoxy) is 2. The van der Waals surface area contributed by atoms with Crippen LogP contribution in [0.15, 0.2) is 40.9 Å². The molecule has 0 saturated carbocycles. The van der Waals surface area contributed by atoms with Crippen molar-refractivity contribution in [2.24, 2.45) is 0 Å². The van der Waals surface area contributed by atoms with Crippen molar-refractivity contribution in [3.05, 3.63) is 36.0 Å². The van der Waals surface area contributed by atoms with Gasteiger partial charge in [0.15, 0.2) is 5.57 Å². The predicted octanol–water partition coefficient (Wildman–Crippen LogP) is 3.18. The smallest absolute Gasteiger partial charge is 0.350 e. The van der Waals surface area contributed by atoms with Crippen LogP contribution in [0.25, 0.3) is 0 Å². The Labute approximate surface area is 136 Å². The Morgan fingerprint density at radius 2 is 1.83 bits per heavy atom. The number of anilines is 1. The minimum absolute atomic E-state index is 0.294. The SMILES string of the molecule is CC1(C)OC(=O)C(=CNc2ccccc2SCC(F)F)C(=O)O1. The molecule has 2 rings (SSSR count). The third-order valence-electron chi connectivity index (χ3n) is 2.74. The summed E-state index contributed by atoms with van der Waals surface area (Å²) < 4.78 is 34.6. The highest BCUT2D eigenvalue weighted by atomic mass is 32.2. The molecule has 23 heavy (non-hydrogen) atoms. The fourth-order valence-electron chi connectivity index (χ4n) is 1.79. The Morgan fingerprint density at radius 3 is 2.43 bits per heavy atom. The summed E-state index contributed by atoms with van der Waals surface area (Å²) in [6.45, 7) is 2.90. The second-order valence-electron chi connectivity index (χ2n) is 5.08. The fraction of sp³-hybridized carbons (Fsp3) is 0.333. The average molecular weight is 343 g/mol. The molecule has 0 bridgehead atoms. The number of esters is 2. The fourth-order valence-corrected chi connectivity index (χ4v) is 2.56. The Balaban J connectivity index is 2.14. The quantitative estimate of drug-likeness (QED) is 0.383. The van der Waals surface area contributed by atoms with Crippen LogP contribution < -0.4 is 5.32 Å². The van der Waals surface area contributed by atoms with Crippen LogP contribution in [0.4, 0.5) is 14.5 Å². The summed E-state index contributed by atoms with van der Waals surface area (Å²) in [4.78, 5) is 24.2. The lowest BCUT2D eigenvalue weighted by molar-refractivity contribution is -0.222. The number of carbonyl (C=O) groups excluding carboxylic acids is 2. The van der Waals surface area contributed by atoms with Gasteiger partial charge < -0.3 is 14.8 Å². The molecule has 1 saturated heterocycles. The zero-order valence-corrected chi connectivity index (χ0v) is 13.3. The molecule has 0 radical (unpaired) electrons. The van der Waals surface area contributed by atoms with Crippen LogP contribution in [-0.4, -0.2) is 29.9 Å². The van der Waals surface area contributed by atoms with Crippen LogP contribution in [0.2, 0.25) is 0 Å². The minimum atomic E-state index is -2.43. The lowest BCUT2D eigenvalue weighted by Crippen LogP contribution is -2.42. The van der Waals surface area contributed by atoms with E-state index in [9.17, 15) is 18.4 Å². The van der Waals surface area contributed by atoms with E-state index in [0.29, 0.717) is 10.6 Å². The number of rotatable bonds is 5. The van der Waals surface area contributed by atoms with Crippen LogP contribution in [-0.2, 0) is 19.1 Å². The van der Waals surface area contributed by atoms with Crippen molar-refractivity contribution >= 4 is 29.4 Å². The standard InChI is InChI=1S/C15H15F2NO4S/c1-15(2)21-13(19)9(14(20)22-15)7-18-10-5-3-4-6-11(10)23-8-12(16)17/h3-7,12,18H,8H2,1-2H3. The highest BCUT2D eigenvalue weighted by Gasteiger charge is 2.38. The molecule has 1 fully saturated rings. The van der Waals surface area contributed by atoms with Crippen molar-refractivity contribution in [3.8, 4) is 0 Å². The topological polar surface area (TPSA) is 64.6 Å². The summed E-state index contributed by atoms with van der Waals surface area (Å²) >= 11 is 0.969. The Bertz CT molecular complexity index is 624. The first-order valence-corrected chi connectivity index (χ1v) is 7.70. The molecule has 5 nitrogen and oxygen atoms in total. The summed E-state index contributed by atoms with van der Waals surface area (Å²) in [6.07, 6.45) is -1.28. The summed E-state index contributed by atoms with van der Waals surface area (Å²) in [5, 5.41) is 2.77. The Morgan fingerprint density at radius 1 is 1.22 bits per heavy atom. The molecule has 0 amide bonds. The third-order valence-corrected chi connectivity index (χ3v) is 3.83. The van der Waals surface area contributed by atoms with Gasteiger partial charge in [0.25, 0.3) is 5.79 Å². The van der Waals surface area contributed by atoms with Gasteiger partial charge in [-0.25, -0.2) is 18.4 Å². The largest absolute Gasteiger partial charge is 0.419 e. The van der Waals surface area contributed by atoms with E-state index in [0.717, 1.165) is 18.0 Å². The molecule has 1 aromatic carbocycles. The number of hydrogen-bond donors (Lipinski definition) is 1. The van der Waals surface area contributed by atoms with Crippen molar-refractivity contribution in [1.29, 1.82) is 0 Å². The van der Waals surface area contributed by atoms with Crippen LogP contribution in [0.5, 0.6) is 0 Å². The molecule has 1 aliphatic rings. The molecule has 124 valence electrons. The molecule has 0 aliphatic carbocycles. The second kappa shape index (κ2) is 6.99. The summed E-state index contributed by atoms with van der Waals surface area (Å²) in [6, 6.07) is 6.72. The van der Waals surface area contributed by atoms with E-state index in [4.69, 9.17) is 9.47 Å². The maximum Gasteiger partial charge on any atom is 0.350 e. The van der Waals surface area contributed by atoms with Gasteiger partial charge in [0.1, 0.15) is 0 Å². The van der Waals surface area contributed by atoms with Crippen molar-refractivity contribution in [1.82, 2.24) is 0 Å². The number of cyclic esters (lactones) is 2. The first-order valence-electron chi connectivity index (χ1n) is 6.72. The number of thioether (sulfide) groups is 1. The number of hydrogen-bond acceptors (Lipinski definition) is 6. The number of benzene rings is 1. The van der Waals surface area contributed by atoms with E-state index in [2.05, 4.69) is 5.32 Å². The van der Waals surface area contributed by atoms with E-state index in [1.54, 1.807) is 24.3 Å². The van der Waals surface area contributed by atoms with E-state index in [1.807, 2.05) is 0 Å². The number of alkyl halides is 2. The van der Waals surface area contributed by atoms with Crippen LogP contribution >= 0.6 is 11.8 Å². The van der Waals surface area contributed by atoms with Crippen LogP contribution in [0.1, 0.15) is 13.8 Å². The van der Waals surface area contributed by atoms with Gasteiger partial charge in [0.05, 0.1) is 11.4 Å². The van der Waals surface area contributed by atoms with Crippen molar-refractivity contribution in [3.63, 3.8) is 0 Å². The Kier molecular flexibility index (Phi) is 5.25. The van der Waals surface area contributed by atoms with Gasteiger partial charge in [-0.15, -0.1) is 11.8 Å². The molecule has 8 heteroatoms. The number of para-hydroxylation sites is 1. The number of nitrogens with one attached hydrogen (secondary N) is 1. The maximum atomic E-state index is 12.3. The minimum Gasteiger partial charge on any atom is -0.419 e. The van der Waals surface area contributed by atoms with Gasteiger partial charge in [-0.05, 0) is 12.1 Å². The van der Waals surface area contributed by atoms with Gasteiger partial charge in [0, 0.05) is 24.9 Å². The van der Waals surface area contributed by atoms with E-state index in [1.165, 1.54) is 13.8 Å². The summed E-state index contributed by atoms with van der Waals surface area (Å²) in [5.41, 5.74) is 0.203. The lowest BCUT2D eigenvalue weighted by atomic mass is 10.2. The van der Waals surface area contributed by atoms with Gasteiger partial charge in [-0.3, -0.25) is 0 Å². The maximum absolute atomic E-state index is 12.3. The highest BCUT2D eigenvalue weighted by molar-refractivity contribution is 7.99. The molecule has 0 unspecified atom stereocenters. The van der Waals surface area contributed by atoms with Gasteiger partial charge in [-0.2, -0.15) is 0 Å². The first kappa shape index (κ1) is 17.3. The first-order chi connectivity index (χ1) is 10.8. The molecule has 1 heterocycles. The normalized spacial score (nSPS) is 16.8. The zero-order valence-electron chi connectivity index (χ0n) is 12.5. The molecule has 1 aromatic rings. The Hall–Kier alpha value is -2.09. The van der Waals surface area contributed by atoms with E-state index < -0.39 is 24.2 Å². The van der Waals surface area contributed by atoms with Crippen LogP contribution in [0.3, 0.4) is 0 Å². The molecule has 0 atom stereocenters. The summed E-state index contributed by atoms with van der Waals surface area (Å²) in [5.74, 6) is -3.28. The zero-order chi connectivity index (χ0) is 17.0. The van der Waals surface area contributed by atoms with Crippen molar-refractivity contribution in [2.45, 2.75) is 31.0 Å². The second-order valence-corrected chi connectivity index (χ2v) is 6.14.